The third-order valence-corrected chi connectivity index (χ3v) is 6.66. The molecule has 0 saturated heterocycles. The van der Waals surface area contributed by atoms with Crippen LogP contribution >= 0.6 is 0 Å². The molecule has 1 fully saturated rings. The summed E-state index contributed by atoms with van der Waals surface area (Å²) in [6.45, 7) is 2.25. The monoisotopic (exact) mass is 424 g/mol. The SMILES string of the molecule is CC1CCC(c2ccc(C3CCc4cc(OC(F)(F)F)c(F)cc4C3)c(F)c2)CC1. The van der Waals surface area contributed by atoms with Gasteiger partial charge in [0.25, 0.3) is 0 Å². The van der Waals surface area contributed by atoms with E-state index in [0.717, 1.165) is 36.5 Å². The molecule has 0 bridgehead atoms. The number of ether oxygens (including phenoxy) is 1. The second-order valence-electron chi connectivity index (χ2n) is 8.78. The first kappa shape index (κ1) is 21.1. The molecule has 2 aliphatic carbocycles. The predicted octanol–water partition coefficient (Wildman–Crippen LogP) is 7.43. The maximum Gasteiger partial charge on any atom is 0.573 e. The van der Waals surface area contributed by atoms with Gasteiger partial charge in [-0.3, -0.25) is 0 Å². The number of rotatable bonds is 3. The quantitative estimate of drug-likeness (QED) is 0.466. The van der Waals surface area contributed by atoms with Gasteiger partial charge in [-0.15, -0.1) is 13.2 Å². The van der Waals surface area contributed by atoms with Gasteiger partial charge in [0.2, 0.25) is 0 Å². The fraction of sp³-hybridized carbons (Fsp3) is 0.500. The second-order valence-corrected chi connectivity index (χ2v) is 8.78. The minimum atomic E-state index is -4.94. The summed E-state index contributed by atoms with van der Waals surface area (Å²) < 4.78 is 70.1. The van der Waals surface area contributed by atoms with Crippen molar-refractivity contribution in [3.05, 3.63) is 64.2 Å². The number of hydrogen-bond donors (Lipinski definition) is 0. The highest BCUT2D eigenvalue weighted by Crippen LogP contribution is 2.40. The molecule has 2 aromatic carbocycles. The van der Waals surface area contributed by atoms with E-state index in [1.807, 2.05) is 12.1 Å². The van der Waals surface area contributed by atoms with Crippen molar-refractivity contribution < 1.29 is 26.7 Å². The summed E-state index contributed by atoms with van der Waals surface area (Å²) in [6.07, 6.45) is 1.01. The first-order valence-electron chi connectivity index (χ1n) is 10.6. The lowest BCUT2D eigenvalue weighted by molar-refractivity contribution is -0.275. The normalized spacial score (nSPS) is 24.4. The number of benzene rings is 2. The topological polar surface area (TPSA) is 9.23 Å². The molecule has 1 saturated carbocycles. The van der Waals surface area contributed by atoms with Crippen LogP contribution in [0.25, 0.3) is 0 Å². The summed E-state index contributed by atoms with van der Waals surface area (Å²) in [5.74, 6) is -1.08. The highest BCUT2D eigenvalue weighted by Gasteiger charge is 2.33. The molecule has 0 heterocycles. The first-order valence-corrected chi connectivity index (χ1v) is 10.6. The van der Waals surface area contributed by atoms with E-state index in [-0.39, 0.29) is 11.7 Å². The lowest BCUT2D eigenvalue weighted by atomic mass is 9.77. The molecule has 1 atom stereocenters. The van der Waals surface area contributed by atoms with Crippen LogP contribution in [0.1, 0.15) is 73.1 Å². The zero-order chi connectivity index (χ0) is 21.5. The average molecular weight is 424 g/mol. The number of aryl methyl sites for hydroxylation is 1. The molecular weight excluding hydrogens is 399 g/mol. The maximum absolute atomic E-state index is 15.0. The van der Waals surface area contributed by atoms with Crippen molar-refractivity contribution in [1.82, 2.24) is 0 Å². The van der Waals surface area contributed by atoms with Gasteiger partial charge in [0.05, 0.1) is 0 Å². The molecule has 1 nitrogen and oxygen atoms in total. The Kier molecular flexibility index (Phi) is 5.78. The smallest absolute Gasteiger partial charge is 0.403 e. The first-order chi connectivity index (χ1) is 14.2. The number of fused-ring (bicyclic) bond motifs is 1. The molecule has 0 aliphatic heterocycles. The van der Waals surface area contributed by atoms with E-state index >= 15 is 0 Å². The van der Waals surface area contributed by atoms with E-state index in [0.29, 0.717) is 41.9 Å². The Hall–Kier alpha value is -2.11. The van der Waals surface area contributed by atoms with Crippen molar-refractivity contribution in [3.63, 3.8) is 0 Å². The Balaban J connectivity index is 1.51. The van der Waals surface area contributed by atoms with Gasteiger partial charge in [-0.1, -0.05) is 31.9 Å². The number of halogens is 5. The van der Waals surface area contributed by atoms with Gasteiger partial charge in [-0.25, -0.2) is 8.78 Å². The van der Waals surface area contributed by atoms with Crippen LogP contribution in [0.5, 0.6) is 5.75 Å². The predicted molar refractivity (Wildman–Crippen MR) is 105 cm³/mol. The van der Waals surface area contributed by atoms with Crippen molar-refractivity contribution in [1.29, 1.82) is 0 Å². The van der Waals surface area contributed by atoms with Crippen molar-refractivity contribution in [2.75, 3.05) is 0 Å². The average Bonchev–Trinajstić information content (AvgIpc) is 2.68. The molecular formula is C24H25F5O. The van der Waals surface area contributed by atoms with E-state index in [1.54, 1.807) is 6.07 Å². The van der Waals surface area contributed by atoms with Crippen LogP contribution in [0.2, 0.25) is 0 Å². The van der Waals surface area contributed by atoms with Crippen molar-refractivity contribution >= 4 is 0 Å². The Bertz CT molecular complexity index is 913. The van der Waals surface area contributed by atoms with Gasteiger partial charge in [-0.2, -0.15) is 0 Å². The Morgan fingerprint density at radius 3 is 2.23 bits per heavy atom. The zero-order valence-corrected chi connectivity index (χ0v) is 16.9. The summed E-state index contributed by atoms with van der Waals surface area (Å²) in [5, 5.41) is 0. The van der Waals surface area contributed by atoms with Gasteiger partial charge < -0.3 is 4.74 Å². The molecule has 2 aliphatic rings. The Labute approximate surface area is 173 Å². The molecule has 162 valence electrons. The Morgan fingerprint density at radius 2 is 1.57 bits per heavy atom. The highest BCUT2D eigenvalue weighted by molar-refractivity contribution is 5.41. The van der Waals surface area contributed by atoms with Crippen molar-refractivity contribution in [2.24, 2.45) is 5.92 Å². The zero-order valence-electron chi connectivity index (χ0n) is 16.9. The molecule has 1 unspecified atom stereocenters. The molecule has 2 aromatic rings. The van der Waals surface area contributed by atoms with Crippen LogP contribution in [0.3, 0.4) is 0 Å². The van der Waals surface area contributed by atoms with E-state index < -0.39 is 17.9 Å². The minimum absolute atomic E-state index is 0.119. The molecule has 4 rings (SSSR count). The molecule has 0 amide bonds. The van der Waals surface area contributed by atoms with Crippen LogP contribution in [-0.4, -0.2) is 6.36 Å². The van der Waals surface area contributed by atoms with Gasteiger partial charge >= 0.3 is 6.36 Å². The number of hydrogen-bond acceptors (Lipinski definition) is 1. The highest BCUT2D eigenvalue weighted by atomic mass is 19.4. The van der Waals surface area contributed by atoms with Gasteiger partial charge in [0, 0.05) is 0 Å². The summed E-state index contributed by atoms with van der Waals surface area (Å²) in [7, 11) is 0. The lowest BCUT2D eigenvalue weighted by Gasteiger charge is -2.28. The minimum Gasteiger partial charge on any atom is -0.403 e. The van der Waals surface area contributed by atoms with Gasteiger partial charge in [-0.05, 0) is 90.3 Å². The third kappa shape index (κ3) is 4.62. The molecule has 30 heavy (non-hydrogen) atoms. The van der Waals surface area contributed by atoms with E-state index in [4.69, 9.17) is 0 Å². The lowest BCUT2D eigenvalue weighted by Crippen LogP contribution is -2.20. The number of alkyl halides is 3. The summed E-state index contributed by atoms with van der Waals surface area (Å²) in [6, 6.07) is 7.72. The summed E-state index contributed by atoms with van der Waals surface area (Å²) in [5.41, 5.74) is 2.88. The van der Waals surface area contributed by atoms with Crippen LogP contribution < -0.4 is 4.74 Å². The Morgan fingerprint density at radius 1 is 0.833 bits per heavy atom. The fourth-order valence-electron chi connectivity index (χ4n) is 4.95. The van der Waals surface area contributed by atoms with Gasteiger partial charge in [0.15, 0.2) is 11.6 Å². The largest absolute Gasteiger partial charge is 0.573 e. The standard InChI is InChI=1S/C24H25F5O/c1-14-2-4-15(5-3-14)16-8-9-20(21(25)11-16)18-7-6-17-13-23(30-24(27,28)29)22(26)12-19(17)10-18/h8-9,11-15,18H,2-7,10H2,1H3. The van der Waals surface area contributed by atoms with Gasteiger partial charge in [0.1, 0.15) is 5.82 Å². The summed E-state index contributed by atoms with van der Waals surface area (Å²) in [4.78, 5) is 0. The molecule has 0 N–H and O–H groups in total. The second kappa shape index (κ2) is 8.20. The maximum atomic E-state index is 15.0. The van der Waals surface area contributed by atoms with E-state index in [1.165, 1.54) is 12.8 Å². The van der Waals surface area contributed by atoms with Crippen LogP contribution in [-0.2, 0) is 12.8 Å². The van der Waals surface area contributed by atoms with Crippen LogP contribution in [0.4, 0.5) is 22.0 Å². The molecule has 0 aromatic heterocycles. The van der Waals surface area contributed by atoms with Crippen molar-refractivity contribution in [3.8, 4) is 5.75 Å². The van der Waals surface area contributed by atoms with E-state index in [2.05, 4.69) is 11.7 Å². The third-order valence-electron chi connectivity index (χ3n) is 6.66. The van der Waals surface area contributed by atoms with E-state index in [9.17, 15) is 22.0 Å². The van der Waals surface area contributed by atoms with Crippen molar-refractivity contribution in [2.45, 2.75) is 70.1 Å². The molecule has 6 heteroatoms. The molecule has 0 spiro atoms. The van der Waals surface area contributed by atoms with Crippen LogP contribution in [0.15, 0.2) is 30.3 Å². The van der Waals surface area contributed by atoms with Crippen LogP contribution in [0, 0.1) is 17.6 Å². The fourth-order valence-corrected chi connectivity index (χ4v) is 4.95. The summed E-state index contributed by atoms with van der Waals surface area (Å²) >= 11 is 0. The molecule has 0 radical (unpaired) electrons.